The van der Waals surface area contributed by atoms with Gasteiger partial charge in [-0.3, -0.25) is 0 Å². The van der Waals surface area contributed by atoms with Crippen LogP contribution < -0.4 is 0 Å². The summed E-state index contributed by atoms with van der Waals surface area (Å²) in [4.78, 5) is 4.36. The average Bonchev–Trinajstić information content (AvgIpc) is 2.56. The highest BCUT2D eigenvalue weighted by atomic mass is 32.3. The molecule has 1 unspecified atom stereocenters. The molecule has 0 bridgehead atoms. The van der Waals surface area contributed by atoms with E-state index in [0.29, 0.717) is 0 Å². The molecule has 0 spiro atoms. The second-order valence-electron chi connectivity index (χ2n) is 6.57. The molecule has 0 aliphatic carbocycles. The van der Waals surface area contributed by atoms with E-state index >= 15 is 0 Å². The van der Waals surface area contributed by atoms with E-state index < -0.39 is 10.4 Å². The minimum Gasteiger partial charge on any atom is -0.246 e. The number of hydrogen-bond acceptors (Lipinski definition) is 5. The highest BCUT2D eigenvalue weighted by Crippen LogP contribution is 2.17. The van der Waals surface area contributed by atoms with Crippen LogP contribution in [0.3, 0.4) is 0 Å². The molecule has 5 nitrogen and oxygen atoms in total. The van der Waals surface area contributed by atoms with E-state index in [4.69, 9.17) is 0 Å². The van der Waals surface area contributed by atoms with Gasteiger partial charge in [0.1, 0.15) is 0 Å². The molecule has 0 saturated carbocycles. The van der Waals surface area contributed by atoms with E-state index in [2.05, 4.69) is 27.3 Å². The van der Waals surface area contributed by atoms with E-state index in [1.165, 1.54) is 57.8 Å². The summed E-state index contributed by atoms with van der Waals surface area (Å²) in [5.74, 6) is 0.882. The third kappa shape index (κ3) is 16.7. The summed E-state index contributed by atoms with van der Waals surface area (Å²) in [7, 11) is -3.99. The molecule has 0 rings (SSSR count). The van der Waals surface area contributed by atoms with Gasteiger partial charge in [-0.2, -0.15) is 8.42 Å². The Labute approximate surface area is 149 Å². The molecule has 0 fully saturated rings. The average molecular weight is 367 g/mol. The summed E-state index contributed by atoms with van der Waals surface area (Å²) in [5.41, 5.74) is 0. The molecule has 146 valence electrons. The van der Waals surface area contributed by atoms with Crippen LogP contribution in [0, 0.1) is 5.92 Å². The Morgan fingerprint density at radius 1 is 0.792 bits per heavy atom. The number of rotatable bonds is 18. The van der Waals surface area contributed by atoms with E-state index in [0.717, 1.165) is 25.2 Å². The zero-order valence-corrected chi connectivity index (χ0v) is 16.7. The number of unbranched alkanes of at least 4 members (excludes halogenated alkanes) is 8. The van der Waals surface area contributed by atoms with Crippen molar-refractivity contribution in [2.45, 2.75) is 97.8 Å². The first-order valence-electron chi connectivity index (χ1n) is 9.72. The van der Waals surface area contributed by atoms with Crippen LogP contribution >= 0.6 is 0 Å². The second kappa shape index (κ2) is 16.3. The molecular weight excluding hydrogens is 328 g/mol. The fraction of sp³-hybridized carbons (Fsp3) is 1.00. The summed E-state index contributed by atoms with van der Waals surface area (Å²) < 4.78 is 31.1. The minimum atomic E-state index is -3.99. The van der Waals surface area contributed by atoms with E-state index in [9.17, 15) is 8.42 Å². The van der Waals surface area contributed by atoms with Crippen molar-refractivity contribution in [2.24, 2.45) is 5.92 Å². The van der Waals surface area contributed by atoms with Gasteiger partial charge < -0.3 is 0 Å². The Kier molecular flexibility index (Phi) is 16.2. The molecule has 0 amide bonds. The molecule has 0 heterocycles. The molecule has 0 aliphatic rings. The topological polar surface area (TPSA) is 61.8 Å². The standard InChI is InChI=1S/C18H38O5S/c1-4-6-15-18(3)16-13-11-9-7-8-10-12-14-17-22-24(19,20)23-21-5-2/h18H,4-17H2,1-3H3. The monoisotopic (exact) mass is 366 g/mol. The highest BCUT2D eigenvalue weighted by Gasteiger charge is 2.12. The predicted molar refractivity (Wildman–Crippen MR) is 97.8 cm³/mol. The van der Waals surface area contributed by atoms with Gasteiger partial charge in [0, 0.05) is 0 Å². The fourth-order valence-corrected chi connectivity index (χ4v) is 3.22. The zero-order valence-electron chi connectivity index (χ0n) is 15.9. The normalized spacial score (nSPS) is 13.3. The Balaban J connectivity index is 3.28. The van der Waals surface area contributed by atoms with Gasteiger partial charge in [0.25, 0.3) is 0 Å². The van der Waals surface area contributed by atoms with Gasteiger partial charge in [-0.25, -0.2) is 9.07 Å². The molecule has 0 aromatic carbocycles. The second-order valence-corrected chi connectivity index (χ2v) is 7.76. The first-order valence-corrected chi connectivity index (χ1v) is 11.1. The van der Waals surface area contributed by atoms with Gasteiger partial charge in [-0.1, -0.05) is 88.8 Å². The SMILES string of the molecule is CCCCC(C)CCCCCCCCCCOS(=O)(=O)OOCC. The Morgan fingerprint density at radius 2 is 1.33 bits per heavy atom. The largest absolute Gasteiger partial charge is 0.426 e. The van der Waals surface area contributed by atoms with Crippen molar-refractivity contribution in [1.29, 1.82) is 0 Å². The summed E-state index contributed by atoms with van der Waals surface area (Å²) >= 11 is 0. The zero-order chi connectivity index (χ0) is 18.1. The van der Waals surface area contributed by atoms with Gasteiger partial charge in [-0.15, -0.1) is 0 Å². The predicted octanol–water partition coefficient (Wildman–Crippen LogP) is 5.55. The lowest BCUT2D eigenvalue weighted by Gasteiger charge is -2.10. The summed E-state index contributed by atoms with van der Waals surface area (Å²) in [6.07, 6.45) is 14.8. The van der Waals surface area contributed by atoms with Crippen molar-refractivity contribution >= 4 is 10.4 Å². The van der Waals surface area contributed by atoms with Crippen LogP contribution in [0.15, 0.2) is 0 Å². The van der Waals surface area contributed by atoms with E-state index in [1.807, 2.05) is 0 Å². The van der Waals surface area contributed by atoms with Crippen LogP contribution in [-0.2, 0) is 23.8 Å². The van der Waals surface area contributed by atoms with Gasteiger partial charge >= 0.3 is 10.4 Å². The molecule has 0 saturated heterocycles. The van der Waals surface area contributed by atoms with Gasteiger partial charge in [0.05, 0.1) is 13.2 Å². The smallest absolute Gasteiger partial charge is 0.246 e. The van der Waals surface area contributed by atoms with Crippen LogP contribution in [0.5, 0.6) is 0 Å². The fourth-order valence-electron chi connectivity index (χ4n) is 2.64. The van der Waals surface area contributed by atoms with Crippen molar-refractivity contribution in [3.05, 3.63) is 0 Å². The lowest BCUT2D eigenvalue weighted by Crippen LogP contribution is -2.11. The van der Waals surface area contributed by atoms with Crippen LogP contribution in [0.1, 0.15) is 97.8 Å². The maximum Gasteiger partial charge on any atom is 0.426 e. The first kappa shape index (κ1) is 23.8. The highest BCUT2D eigenvalue weighted by molar-refractivity contribution is 7.81. The van der Waals surface area contributed by atoms with Crippen LogP contribution in [0.4, 0.5) is 0 Å². The Bertz CT molecular complexity index is 356. The Morgan fingerprint density at radius 3 is 1.92 bits per heavy atom. The maximum atomic E-state index is 11.2. The van der Waals surface area contributed by atoms with Crippen LogP contribution in [-0.4, -0.2) is 21.6 Å². The molecule has 0 aliphatic heterocycles. The molecule has 0 radical (unpaired) electrons. The molecule has 0 aromatic heterocycles. The molecule has 24 heavy (non-hydrogen) atoms. The molecule has 0 aromatic rings. The van der Waals surface area contributed by atoms with Crippen molar-refractivity contribution in [1.82, 2.24) is 0 Å². The molecule has 0 N–H and O–H groups in total. The minimum absolute atomic E-state index is 0.158. The summed E-state index contributed by atoms with van der Waals surface area (Å²) in [5, 5.41) is 0. The number of hydrogen-bond donors (Lipinski definition) is 0. The summed E-state index contributed by atoms with van der Waals surface area (Å²) in [6.45, 7) is 6.59. The van der Waals surface area contributed by atoms with Crippen molar-refractivity contribution in [2.75, 3.05) is 13.2 Å². The van der Waals surface area contributed by atoms with Gasteiger partial charge in [-0.05, 0) is 19.3 Å². The van der Waals surface area contributed by atoms with Gasteiger partial charge in [0.2, 0.25) is 0 Å². The first-order chi connectivity index (χ1) is 11.5. The summed E-state index contributed by atoms with van der Waals surface area (Å²) in [6, 6.07) is 0. The molecular formula is C18H38O5S. The lowest BCUT2D eigenvalue weighted by molar-refractivity contribution is -0.205. The van der Waals surface area contributed by atoms with E-state index in [1.54, 1.807) is 6.92 Å². The van der Waals surface area contributed by atoms with Crippen LogP contribution in [0.25, 0.3) is 0 Å². The lowest BCUT2D eigenvalue weighted by atomic mass is 9.97. The van der Waals surface area contributed by atoms with E-state index in [-0.39, 0.29) is 13.2 Å². The van der Waals surface area contributed by atoms with Crippen molar-refractivity contribution < 1.29 is 21.8 Å². The third-order valence-electron chi connectivity index (χ3n) is 4.12. The van der Waals surface area contributed by atoms with Crippen molar-refractivity contribution in [3.63, 3.8) is 0 Å². The molecule has 1 atom stereocenters. The maximum absolute atomic E-state index is 11.2. The quantitative estimate of drug-likeness (QED) is 0.181. The molecule has 6 heteroatoms. The van der Waals surface area contributed by atoms with Gasteiger partial charge in [0.15, 0.2) is 0 Å². The third-order valence-corrected chi connectivity index (χ3v) is 4.84. The van der Waals surface area contributed by atoms with Crippen LogP contribution in [0.2, 0.25) is 0 Å². The Hall–Kier alpha value is -0.170. The van der Waals surface area contributed by atoms with Crippen molar-refractivity contribution in [3.8, 4) is 0 Å².